The molecule has 0 fully saturated rings. The van der Waals surface area contributed by atoms with Crippen molar-refractivity contribution in [3.05, 3.63) is 65.0 Å². The number of nitrogens with one attached hydrogen (secondary N) is 1. The quantitative estimate of drug-likeness (QED) is 0.849. The van der Waals surface area contributed by atoms with Gasteiger partial charge in [-0.2, -0.15) is 0 Å². The van der Waals surface area contributed by atoms with E-state index in [9.17, 15) is 9.18 Å². The highest BCUT2D eigenvalue weighted by Gasteiger charge is 2.20. The summed E-state index contributed by atoms with van der Waals surface area (Å²) in [6.45, 7) is 7.95. The Hall–Kier alpha value is -2.36. The molecule has 4 heteroatoms. The van der Waals surface area contributed by atoms with Crippen LogP contribution < -0.4 is 10.1 Å². The van der Waals surface area contributed by atoms with Crippen LogP contribution in [0.4, 0.5) is 4.39 Å². The van der Waals surface area contributed by atoms with Crippen molar-refractivity contribution in [1.82, 2.24) is 5.32 Å². The lowest BCUT2D eigenvalue weighted by Crippen LogP contribution is -2.39. The van der Waals surface area contributed by atoms with Crippen molar-refractivity contribution in [2.24, 2.45) is 0 Å². The van der Waals surface area contributed by atoms with Crippen LogP contribution in [0.3, 0.4) is 0 Å². The molecule has 0 saturated heterocycles. The van der Waals surface area contributed by atoms with E-state index in [2.05, 4.69) is 31.3 Å². The first kappa shape index (κ1) is 18.0. The van der Waals surface area contributed by atoms with Gasteiger partial charge in [0.05, 0.1) is 6.04 Å². The summed E-state index contributed by atoms with van der Waals surface area (Å²) in [6.07, 6.45) is -0.0764. The average Bonchev–Trinajstić information content (AvgIpc) is 2.56. The normalized spacial score (nSPS) is 13.2. The lowest BCUT2D eigenvalue weighted by atomic mass is 10.0. The van der Waals surface area contributed by atoms with Gasteiger partial charge in [0, 0.05) is 0 Å². The van der Waals surface area contributed by atoms with Gasteiger partial charge in [0.1, 0.15) is 11.6 Å². The Bertz CT molecular complexity index is 697. The van der Waals surface area contributed by atoms with Gasteiger partial charge in [0.15, 0.2) is 6.10 Å². The van der Waals surface area contributed by atoms with Gasteiger partial charge in [0.25, 0.3) is 5.91 Å². The number of rotatable bonds is 6. The summed E-state index contributed by atoms with van der Waals surface area (Å²) in [5.41, 5.74) is 3.48. The Morgan fingerprint density at radius 2 is 1.79 bits per heavy atom. The van der Waals surface area contributed by atoms with Gasteiger partial charge in [-0.3, -0.25) is 4.79 Å². The number of benzene rings is 2. The fourth-order valence-corrected chi connectivity index (χ4v) is 2.42. The lowest BCUT2D eigenvalue weighted by Gasteiger charge is -2.21. The number of carbonyl (C=O) groups is 1. The van der Waals surface area contributed by atoms with Gasteiger partial charge in [-0.15, -0.1) is 0 Å². The van der Waals surface area contributed by atoms with Crippen molar-refractivity contribution in [2.45, 2.75) is 46.3 Å². The molecule has 0 radical (unpaired) electrons. The van der Waals surface area contributed by atoms with Crippen LogP contribution in [0.1, 0.15) is 43.0 Å². The molecule has 0 heterocycles. The maximum atomic E-state index is 13.0. The van der Waals surface area contributed by atoms with Crippen molar-refractivity contribution in [3.63, 3.8) is 0 Å². The number of carbonyl (C=O) groups excluding carboxylic acids is 1. The summed E-state index contributed by atoms with van der Waals surface area (Å²) < 4.78 is 18.6. The Morgan fingerprint density at radius 1 is 1.12 bits per heavy atom. The molecule has 2 aromatic carbocycles. The van der Waals surface area contributed by atoms with E-state index in [1.807, 2.05) is 19.9 Å². The van der Waals surface area contributed by atoms with E-state index in [1.165, 1.54) is 35.4 Å². The number of hydrogen-bond donors (Lipinski definition) is 1. The third-order valence-electron chi connectivity index (χ3n) is 4.14. The molecule has 1 N–H and O–H groups in total. The first-order valence-electron chi connectivity index (χ1n) is 8.20. The van der Waals surface area contributed by atoms with E-state index in [0.29, 0.717) is 12.2 Å². The molecule has 24 heavy (non-hydrogen) atoms. The van der Waals surface area contributed by atoms with Gasteiger partial charge in [-0.05, 0) is 68.1 Å². The summed E-state index contributed by atoms with van der Waals surface area (Å²) in [7, 11) is 0. The highest BCUT2D eigenvalue weighted by molar-refractivity contribution is 5.81. The molecule has 3 nitrogen and oxygen atoms in total. The van der Waals surface area contributed by atoms with Crippen molar-refractivity contribution >= 4 is 5.91 Å². The maximum Gasteiger partial charge on any atom is 0.261 e. The predicted octanol–water partition coefficient (Wildman–Crippen LogP) is 4.48. The highest BCUT2D eigenvalue weighted by Crippen LogP contribution is 2.18. The van der Waals surface area contributed by atoms with Crippen molar-refractivity contribution in [1.29, 1.82) is 0 Å². The van der Waals surface area contributed by atoms with Crippen LogP contribution in [-0.2, 0) is 4.79 Å². The number of ether oxygens (including phenoxy) is 1. The number of amides is 1. The number of hydrogen-bond acceptors (Lipinski definition) is 2. The molecule has 0 aliphatic carbocycles. The second-order valence-corrected chi connectivity index (χ2v) is 6.04. The third kappa shape index (κ3) is 4.57. The fourth-order valence-electron chi connectivity index (χ4n) is 2.42. The molecule has 0 unspecified atom stereocenters. The molecule has 0 aliphatic heterocycles. The monoisotopic (exact) mass is 329 g/mol. The zero-order chi connectivity index (χ0) is 17.7. The summed E-state index contributed by atoms with van der Waals surface area (Å²) in [5, 5.41) is 2.99. The minimum absolute atomic E-state index is 0.109. The molecule has 1 amide bonds. The molecule has 0 bridgehead atoms. The minimum Gasteiger partial charge on any atom is -0.481 e. The van der Waals surface area contributed by atoms with Crippen LogP contribution in [-0.4, -0.2) is 12.0 Å². The Labute approximate surface area is 142 Å². The molecule has 2 aromatic rings. The van der Waals surface area contributed by atoms with E-state index in [-0.39, 0.29) is 17.8 Å². The summed E-state index contributed by atoms with van der Waals surface area (Å²) >= 11 is 0. The molecule has 0 aromatic heterocycles. The van der Waals surface area contributed by atoms with Gasteiger partial charge in [0.2, 0.25) is 0 Å². The second-order valence-electron chi connectivity index (χ2n) is 6.04. The molecule has 128 valence electrons. The zero-order valence-electron chi connectivity index (χ0n) is 14.6. The second kappa shape index (κ2) is 7.95. The van der Waals surface area contributed by atoms with Crippen LogP contribution in [0.15, 0.2) is 42.5 Å². The third-order valence-corrected chi connectivity index (χ3v) is 4.14. The van der Waals surface area contributed by atoms with Gasteiger partial charge in [-0.1, -0.05) is 25.1 Å². The molecule has 2 rings (SSSR count). The highest BCUT2D eigenvalue weighted by atomic mass is 19.1. The van der Waals surface area contributed by atoms with Crippen LogP contribution in [0.2, 0.25) is 0 Å². The van der Waals surface area contributed by atoms with E-state index < -0.39 is 6.10 Å². The summed E-state index contributed by atoms with van der Waals surface area (Å²) in [5.74, 6) is -0.0204. The van der Waals surface area contributed by atoms with Gasteiger partial charge < -0.3 is 10.1 Å². The Morgan fingerprint density at radius 3 is 2.38 bits per heavy atom. The van der Waals surface area contributed by atoms with Crippen LogP contribution in [0.25, 0.3) is 0 Å². The van der Waals surface area contributed by atoms with E-state index in [0.717, 1.165) is 5.56 Å². The predicted molar refractivity (Wildman–Crippen MR) is 93.6 cm³/mol. The average molecular weight is 329 g/mol. The summed E-state index contributed by atoms with van der Waals surface area (Å²) in [6, 6.07) is 11.7. The smallest absolute Gasteiger partial charge is 0.261 e. The summed E-state index contributed by atoms with van der Waals surface area (Å²) in [4.78, 5) is 12.5. The Balaban J connectivity index is 2.02. The Kier molecular flexibility index (Phi) is 5.96. The number of halogens is 1. The molecular formula is C20H24FNO2. The minimum atomic E-state index is -0.607. The van der Waals surface area contributed by atoms with Gasteiger partial charge >= 0.3 is 0 Å². The standard InChI is InChI=1S/C20H24FNO2/c1-5-19(24-18-10-8-17(21)9-11-18)20(23)22-15(4)16-7-6-13(2)14(3)12-16/h6-12,15,19H,5H2,1-4H3,(H,22,23)/t15-,19+/m0/s1. The van der Waals surface area contributed by atoms with Gasteiger partial charge in [-0.25, -0.2) is 4.39 Å². The maximum absolute atomic E-state index is 13.0. The molecule has 0 saturated carbocycles. The van der Waals surface area contributed by atoms with E-state index in [4.69, 9.17) is 4.74 Å². The lowest BCUT2D eigenvalue weighted by molar-refractivity contribution is -0.128. The van der Waals surface area contributed by atoms with Crippen molar-refractivity contribution in [2.75, 3.05) is 0 Å². The molecule has 0 spiro atoms. The number of aryl methyl sites for hydroxylation is 2. The first-order chi connectivity index (χ1) is 11.4. The van der Waals surface area contributed by atoms with E-state index >= 15 is 0 Å². The SMILES string of the molecule is CC[C@@H](Oc1ccc(F)cc1)C(=O)N[C@@H](C)c1ccc(C)c(C)c1. The molecular weight excluding hydrogens is 305 g/mol. The van der Waals surface area contributed by atoms with Crippen LogP contribution >= 0.6 is 0 Å². The largest absolute Gasteiger partial charge is 0.481 e. The van der Waals surface area contributed by atoms with Crippen LogP contribution in [0, 0.1) is 19.7 Å². The first-order valence-corrected chi connectivity index (χ1v) is 8.20. The van der Waals surface area contributed by atoms with Crippen LogP contribution in [0.5, 0.6) is 5.75 Å². The fraction of sp³-hybridized carbons (Fsp3) is 0.350. The molecule has 2 atom stereocenters. The van der Waals surface area contributed by atoms with E-state index in [1.54, 1.807) is 0 Å². The molecule has 0 aliphatic rings. The zero-order valence-corrected chi connectivity index (χ0v) is 14.6. The topological polar surface area (TPSA) is 38.3 Å². The van der Waals surface area contributed by atoms with Crippen molar-refractivity contribution < 1.29 is 13.9 Å². The van der Waals surface area contributed by atoms with Crippen molar-refractivity contribution in [3.8, 4) is 5.75 Å².